The highest BCUT2D eigenvalue weighted by molar-refractivity contribution is 6.07. The van der Waals surface area contributed by atoms with Crippen LogP contribution in [0, 0.1) is 0 Å². The first-order valence-corrected chi connectivity index (χ1v) is 9.62. The van der Waals surface area contributed by atoms with Gasteiger partial charge in [0.1, 0.15) is 5.75 Å². The average Bonchev–Trinajstić information content (AvgIpc) is 3.22. The first-order chi connectivity index (χ1) is 13.2. The smallest absolute Gasteiger partial charge is 0.251 e. The lowest BCUT2D eigenvalue weighted by Gasteiger charge is -2.30. The molecule has 3 heteroatoms. The molecule has 0 spiro atoms. The summed E-state index contributed by atoms with van der Waals surface area (Å²) in [6.07, 6.45) is 4.62. The zero-order valence-corrected chi connectivity index (χ0v) is 15.7. The standard InChI is InChI=1S/C24H25NO2/c1-27-20-13-11-19(12-14-20)24(15-4-5-16-24)17-25-23(26)22-10-6-8-18-7-2-3-9-21(18)22/h2-3,6-14H,4-5,15-17H2,1H3,(H,25,26). The molecule has 3 nitrogen and oxygen atoms in total. The van der Waals surface area contributed by atoms with E-state index < -0.39 is 0 Å². The summed E-state index contributed by atoms with van der Waals surface area (Å²) in [4.78, 5) is 13.0. The van der Waals surface area contributed by atoms with E-state index in [1.165, 1.54) is 18.4 Å². The SMILES string of the molecule is COc1ccc(C2(CNC(=O)c3cccc4ccccc34)CCCC2)cc1. The number of hydrogen-bond donors (Lipinski definition) is 1. The maximum Gasteiger partial charge on any atom is 0.251 e. The maximum atomic E-state index is 13.0. The Morgan fingerprint density at radius 1 is 0.963 bits per heavy atom. The minimum Gasteiger partial charge on any atom is -0.497 e. The molecule has 1 amide bonds. The molecule has 0 atom stereocenters. The van der Waals surface area contributed by atoms with Gasteiger partial charge in [-0.25, -0.2) is 0 Å². The fraction of sp³-hybridized carbons (Fsp3) is 0.292. The Bertz CT molecular complexity index is 935. The number of rotatable bonds is 5. The van der Waals surface area contributed by atoms with Crippen LogP contribution in [0.4, 0.5) is 0 Å². The van der Waals surface area contributed by atoms with Crippen LogP contribution in [-0.2, 0) is 5.41 Å². The van der Waals surface area contributed by atoms with Crippen molar-refractivity contribution in [1.29, 1.82) is 0 Å². The fourth-order valence-electron chi connectivity index (χ4n) is 4.33. The molecule has 1 aliphatic carbocycles. The predicted molar refractivity (Wildman–Crippen MR) is 109 cm³/mol. The Labute approximate surface area is 160 Å². The van der Waals surface area contributed by atoms with Crippen molar-refractivity contribution in [3.63, 3.8) is 0 Å². The molecule has 0 heterocycles. The molecule has 4 rings (SSSR count). The molecule has 27 heavy (non-hydrogen) atoms. The summed E-state index contributed by atoms with van der Waals surface area (Å²) in [5.41, 5.74) is 2.06. The molecular weight excluding hydrogens is 334 g/mol. The highest BCUT2D eigenvalue weighted by Crippen LogP contribution is 2.41. The van der Waals surface area contributed by atoms with Crippen LogP contribution in [-0.4, -0.2) is 19.6 Å². The van der Waals surface area contributed by atoms with Gasteiger partial charge >= 0.3 is 0 Å². The lowest BCUT2D eigenvalue weighted by molar-refractivity contribution is 0.0945. The third-order valence-corrected chi connectivity index (χ3v) is 5.88. The highest BCUT2D eigenvalue weighted by atomic mass is 16.5. The van der Waals surface area contributed by atoms with Crippen LogP contribution in [0.3, 0.4) is 0 Å². The normalized spacial score (nSPS) is 15.6. The summed E-state index contributed by atoms with van der Waals surface area (Å²) in [6, 6.07) is 22.3. The van der Waals surface area contributed by atoms with Gasteiger partial charge in [0.15, 0.2) is 0 Å². The minimum atomic E-state index is 0.00610. The second-order valence-corrected chi connectivity index (χ2v) is 7.43. The van der Waals surface area contributed by atoms with E-state index in [4.69, 9.17) is 4.74 Å². The number of carbonyl (C=O) groups excluding carboxylic acids is 1. The minimum absolute atomic E-state index is 0.00610. The summed E-state index contributed by atoms with van der Waals surface area (Å²) in [5.74, 6) is 0.873. The molecule has 0 radical (unpaired) electrons. The molecule has 1 fully saturated rings. The largest absolute Gasteiger partial charge is 0.497 e. The summed E-state index contributed by atoms with van der Waals surface area (Å²) in [6.45, 7) is 0.668. The van der Waals surface area contributed by atoms with Crippen LogP contribution in [0.15, 0.2) is 66.7 Å². The van der Waals surface area contributed by atoms with E-state index in [0.29, 0.717) is 6.54 Å². The van der Waals surface area contributed by atoms with Crippen molar-refractivity contribution < 1.29 is 9.53 Å². The quantitative estimate of drug-likeness (QED) is 0.689. The lowest BCUT2D eigenvalue weighted by atomic mass is 9.78. The number of methoxy groups -OCH3 is 1. The molecule has 1 N–H and O–H groups in total. The number of fused-ring (bicyclic) bond motifs is 1. The summed E-state index contributed by atoms with van der Waals surface area (Å²) in [7, 11) is 1.69. The molecule has 0 aliphatic heterocycles. The van der Waals surface area contributed by atoms with Gasteiger partial charge in [-0.3, -0.25) is 4.79 Å². The number of carbonyl (C=O) groups is 1. The highest BCUT2D eigenvalue weighted by Gasteiger charge is 2.36. The third-order valence-electron chi connectivity index (χ3n) is 5.88. The maximum absolute atomic E-state index is 13.0. The molecule has 1 aliphatic rings. The van der Waals surface area contributed by atoms with Crippen LogP contribution in [0.1, 0.15) is 41.6 Å². The van der Waals surface area contributed by atoms with E-state index >= 15 is 0 Å². The van der Waals surface area contributed by atoms with Crippen LogP contribution in [0.5, 0.6) is 5.75 Å². The second kappa shape index (κ2) is 7.43. The van der Waals surface area contributed by atoms with Crippen molar-refractivity contribution >= 4 is 16.7 Å². The fourth-order valence-corrected chi connectivity index (χ4v) is 4.33. The van der Waals surface area contributed by atoms with E-state index in [1.807, 2.05) is 54.6 Å². The third kappa shape index (κ3) is 3.42. The first-order valence-electron chi connectivity index (χ1n) is 9.62. The van der Waals surface area contributed by atoms with Crippen molar-refractivity contribution in [3.05, 3.63) is 77.9 Å². The van der Waals surface area contributed by atoms with Crippen molar-refractivity contribution in [3.8, 4) is 5.75 Å². The van der Waals surface area contributed by atoms with Gasteiger partial charge in [0.2, 0.25) is 0 Å². The zero-order chi connectivity index (χ0) is 18.7. The summed E-state index contributed by atoms with van der Waals surface area (Å²) >= 11 is 0. The first kappa shape index (κ1) is 17.6. The van der Waals surface area contributed by atoms with Gasteiger partial charge < -0.3 is 10.1 Å². The molecule has 0 saturated heterocycles. The molecule has 0 unspecified atom stereocenters. The number of hydrogen-bond acceptors (Lipinski definition) is 2. The second-order valence-electron chi connectivity index (χ2n) is 7.43. The molecule has 3 aromatic carbocycles. The number of nitrogens with one attached hydrogen (secondary N) is 1. The summed E-state index contributed by atoms with van der Waals surface area (Å²) in [5, 5.41) is 5.33. The Hall–Kier alpha value is -2.81. The van der Waals surface area contributed by atoms with E-state index in [1.54, 1.807) is 7.11 Å². The van der Waals surface area contributed by atoms with Crippen LogP contribution in [0.2, 0.25) is 0 Å². The van der Waals surface area contributed by atoms with Crippen molar-refractivity contribution in [2.75, 3.05) is 13.7 Å². The van der Waals surface area contributed by atoms with E-state index in [-0.39, 0.29) is 11.3 Å². The lowest BCUT2D eigenvalue weighted by Crippen LogP contribution is -2.39. The molecule has 0 bridgehead atoms. The average molecular weight is 359 g/mol. The van der Waals surface area contributed by atoms with E-state index in [2.05, 4.69) is 17.4 Å². The van der Waals surface area contributed by atoms with Gasteiger partial charge in [0.05, 0.1) is 7.11 Å². The summed E-state index contributed by atoms with van der Waals surface area (Å²) < 4.78 is 5.29. The van der Waals surface area contributed by atoms with Gasteiger partial charge in [0.25, 0.3) is 5.91 Å². The predicted octanol–water partition coefficient (Wildman–Crippen LogP) is 5.09. The van der Waals surface area contributed by atoms with Crippen LogP contribution >= 0.6 is 0 Å². The van der Waals surface area contributed by atoms with Gasteiger partial charge in [-0.05, 0) is 47.4 Å². The number of amides is 1. The van der Waals surface area contributed by atoms with Gasteiger partial charge in [0, 0.05) is 17.5 Å². The van der Waals surface area contributed by atoms with Gasteiger partial charge in [-0.2, -0.15) is 0 Å². The molecular formula is C24H25NO2. The van der Waals surface area contributed by atoms with E-state index in [0.717, 1.165) is 34.9 Å². The molecule has 138 valence electrons. The number of ether oxygens (including phenoxy) is 1. The molecule has 1 saturated carbocycles. The topological polar surface area (TPSA) is 38.3 Å². The monoisotopic (exact) mass is 359 g/mol. The Balaban J connectivity index is 1.56. The van der Waals surface area contributed by atoms with Crippen LogP contribution < -0.4 is 10.1 Å². The molecule has 3 aromatic rings. The van der Waals surface area contributed by atoms with Gasteiger partial charge in [-0.1, -0.05) is 61.4 Å². The van der Waals surface area contributed by atoms with E-state index in [9.17, 15) is 4.79 Å². The Morgan fingerprint density at radius 3 is 2.41 bits per heavy atom. The van der Waals surface area contributed by atoms with Crippen molar-refractivity contribution in [2.45, 2.75) is 31.1 Å². The Morgan fingerprint density at radius 2 is 1.67 bits per heavy atom. The van der Waals surface area contributed by atoms with Crippen LogP contribution in [0.25, 0.3) is 10.8 Å². The van der Waals surface area contributed by atoms with Crippen molar-refractivity contribution in [2.24, 2.45) is 0 Å². The molecule has 0 aromatic heterocycles. The zero-order valence-electron chi connectivity index (χ0n) is 15.7. The number of benzene rings is 3. The van der Waals surface area contributed by atoms with Crippen molar-refractivity contribution in [1.82, 2.24) is 5.32 Å². The Kier molecular flexibility index (Phi) is 4.85. The van der Waals surface area contributed by atoms with Gasteiger partial charge in [-0.15, -0.1) is 0 Å².